The number of hydrogen-bond donors (Lipinski definition) is 2. The Hall–Kier alpha value is -5.01. The summed E-state index contributed by atoms with van der Waals surface area (Å²) in [5, 5.41) is 5.50. The largest absolute Gasteiger partial charge is 0.460 e. The Labute approximate surface area is 351 Å². The van der Waals surface area contributed by atoms with Crippen molar-refractivity contribution in [1.29, 1.82) is 0 Å². The van der Waals surface area contributed by atoms with Gasteiger partial charge in [0.2, 0.25) is 23.6 Å². The van der Waals surface area contributed by atoms with Gasteiger partial charge in [-0.25, -0.2) is 9.59 Å². The highest BCUT2D eigenvalue weighted by molar-refractivity contribution is 5.96. The summed E-state index contributed by atoms with van der Waals surface area (Å²) in [6, 6.07) is 4.85. The number of carbonyl (C=O) groups excluding carboxylic acids is 7. The molecule has 0 bridgehead atoms. The van der Waals surface area contributed by atoms with Crippen molar-refractivity contribution in [3.05, 3.63) is 59.7 Å². The molecule has 1 aromatic carbocycles. The minimum Gasteiger partial charge on any atom is -0.460 e. The van der Waals surface area contributed by atoms with Crippen molar-refractivity contribution >= 4 is 41.5 Å². The molecule has 1 aromatic rings. The predicted molar refractivity (Wildman–Crippen MR) is 226 cm³/mol. The van der Waals surface area contributed by atoms with E-state index in [9.17, 15) is 33.6 Å². The lowest BCUT2D eigenvalue weighted by atomic mass is 9.91. The summed E-state index contributed by atoms with van der Waals surface area (Å²) in [6.07, 6.45) is 5.09. The topological polar surface area (TPSA) is 172 Å². The second kappa shape index (κ2) is 23.5. The first-order valence-corrected chi connectivity index (χ1v) is 20.9. The number of esters is 2. The van der Waals surface area contributed by atoms with E-state index >= 15 is 0 Å². The van der Waals surface area contributed by atoms with Crippen LogP contribution in [0.25, 0.3) is 0 Å². The molecule has 2 rings (SSSR count). The highest BCUT2D eigenvalue weighted by atomic mass is 16.6. The molecule has 1 heterocycles. The van der Waals surface area contributed by atoms with Crippen molar-refractivity contribution in [2.24, 2.45) is 23.7 Å². The molecule has 0 saturated carbocycles. The molecule has 2 N–H and O–H groups in total. The second-order valence-corrected chi connectivity index (χ2v) is 16.2. The van der Waals surface area contributed by atoms with E-state index < -0.39 is 90.3 Å². The third-order valence-electron chi connectivity index (χ3n) is 11.6. The number of nitrogens with one attached hydrogen (secondary N) is 2. The van der Waals surface area contributed by atoms with Crippen LogP contribution in [0.3, 0.4) is 0 Å². The number of cyclic esters (lactones) is 2. The molecule has 0 spiro atoms. The van der Waals surface area contributed by atoms with E-state index in [-0.39, 0.29) is 29.7 Å². The van der Waals surface area contributed by atoms with Crippen LogP contribution in [-0.4, -0.2) is 120 Å². The molecule has 5 amide bonds. The zero-order valence-electron chi connectivity index (χ0n) is 37.4. The Morgan fingerprint density at radius 1 is 0.746 bits per heavy atom. The molecule has 0 unspecified atom stereocenters. The van der Waals surface area contributed by atoms with Crippen LogP contribution < -0.4 is 10.6 Å². The number of hydrogen-bond acceptors (Lipinski definition) is 9. The molecule has 10 atom stereocenters. The Kier molecular flexibility index (Phi) is 20.0. The maximum absolute atomic E-state index is 14.2. The van der Waals surface area contributed by atoms with Gasteiger partial charge in [0.05, 0.1) is 6.54 Å². The monoisotopic (exact) mass is 824 g/mol. The lowest BCUT2D eigenvalue weighted by Crippen LogP contribution is -2.58. The first-order chi connectivity index (χ1) is 27.7. The first-order valence-electron chi connectivity index (χ1n) is 20.9. The molecule has 59 heavy (non-hydrogen) atoms. The van der Waals surface area contributed by atoms with Crippen molar-refractivity contribution in [3.8, 4) is 0 Å². The number of benzene rings is 1. The Balaban J connectivity index is 2.66. The van der Waals surface area contributed by atoms with Crippen LogP contribution in [0.2, 0.25) is 0 Å². The smallest absolute Gasteiger partial charge is 0.334 e. The molecule has 1 aliphatic rings. The lowest BCUT2D eigenvalue weighted by Gasteiger charge is -2.34. The molecule has 0 aliphatic carbocycles. The molecule has 14 heteroatoms. The normalized spacial score (nSPS) is 28.7. The average molecular weight is 824 g/mol. The molecule has 0 fully saturated rings. The van der Waals surface area contributed by atoms with Crippen molar-refractivity contribution in [1.82, 2.24) is 25.3 Å². The molecule has 1 aliphatic heterocycles. The minimum atomic E-state index is -1.22. The fourth-order valence-electron chi connectivity index (χ4n) is 6.67. The van der Waals surface area contributed by atoms with Crippen LogP contribution in [-0.2, 0) is 49.5 Å². The van der Waals surface area contributed by atoms with Gasteiger partial charge in [-0.15, -0.1) is 0 Å². The second-order valence-electron chi connectivity index (χ2n) is 16.2. The van der Waals surface area contributed by atoms with Crippen LogP contribution >= 0.6 is 0 Å². The molecular weight excluding hydrogens is 755 g/mol. The number of nitrogens with zero attached hydrogens (tertiary/aromatic N) is 3. The predicted octanol–water partition coefficient (Wildman–Crippen LogP) is 4.47. The highest BCUT2D eigenvalue weighted by Gasteiger charge is 2.38. The van der Waals surface area contributed by atoms with Crippen LogP contribution in [0.4, 0.5) is 0 Å². The molecule has 0 radical (unpaired) electrons. The van der Waals surface area contributed by atoms with Gasteiger partial charge in [0.1, 0.15) is 30.3 Å². The highest BCUT2D eigenvalue weighted by Crippen LogP contribution is 2.24. The minimum absolute atomic E-state index is 0.0586. The number of carbonyl (C=O) groups is 7. The first kappa shape index (κ1) is 50.1. The third-order valence-corrected chi connectivity index (χ3v) is 11.6. The summed E-state index contributed by atoms with van der Waals surface area (Å²) in [4.78, 5) is 100. The summed E-state index contributed by atoms with van der Waals surface area (Å²) < 4.78 is 11.8. The number of amides is 5. The van der Waals surface area contributed by atoms with Gasteiger partial charge in [0, 0.05) is 45.0 Å². The number of ether oxygens (including phenoxy) is 2. The number of rotatable bonds is 8. The van der Waals surface area contributed by atoms with E-state index in [1.807, 2.05) is 78.0 Å². The van der Waals surface area contributed by atoms with E-state index in [1.165, 1.54) is 42.8 Å². The Bertz CT molecular complexity index is 1680. The summed E-state index contributed by atoms with van der Waals surface area (Å²) in [7, 11) is 4.39. The van der Waals surface area contributed by atoms with Gasteiger partial charge < -0.3 is 34.8 Å². The van der Waals surface area contributed by atoms with Crippen molar-refractivity contribution in [2.45, 2.75) is 131 Å². The van der Waals surface area contributed by atoms with Gasteiger partial charge in [-0.1, -0.05) is 110 Å². The van der Waals surface area contributed by atoms with E-state index in [1.54, 1.807) is 32.9 Å². The van der Waals surface area contributed by atoms with Gasteiger partial charge >= 0.3 is 11.9 Å². The van der Waals surface area contributed by atoms with Crippen molar-refractivity contribution in [3.63, 3.8) is 0 Å². The Morgan fingerprint density at radius 3 is 1.92 bits per heavy atom. The maximum Gasteiger partial charge on any atom is 0.334 e. The molecule has 328 valence electrons. The molecule has 0 aromatic heterocycles. The van der Waals surface area contributed by atoms with E-state index in [0.29, 0.717) is 19.3 Å². The summed E-state index contributed by atoms with van der Waals surface area (Å²) in [6.45, 7) is 17.4. The molecule has 0 saturated heterocycles. The van der Waals surface area contributed by atoms with E-state index in [4.69, 9.17) is 9.47 Å². The van der Waals surface area contributed by atoms with Crippen molar-refractivity contribution in [2.75, 3.05) is 27.7 Å². The molecule has 14 nitrogen and oxygen atoms in total. The van der Waals surface area contributed by atoms with Gasteiger partial charge in [-0.3, -0.25) is 24.0 Å². The maximum atomic E-state index is 14.2. The van der Waals surface area contributed by atoms with Crippen LogP contribution in [0.5, 0.6) is 0 Å². The van der Waals surface area contributed by atoms with Gasteiger partial charge in [-0.2, -0.15) is 0 Å². The third kappa shape index (κ3) is 14.1. The number of likely N-dealkylation sites (N-methyl/N-ethyl adjacent to an activating group) is 3. The SMILES string of the molecule is CC[C@@H](C)[C@@H]1NC(=O)CN(C)C(=O)[C@@H](Cc2ccccc2)N(C)C(=O)[C@H](C)NC(=O)[C@@H]([C@@H](C)CC)OC(=O)/C(C)=C/C=C/[C@H](C)[C@H]([C@@H](C)CC)OC(=O)[C@H](C)N(C)C1=O. The lowest BCUT2D eigenvalue weighted by molar-refractivity contribution is -0.162. The zero-order chi connectivity index (χ0) is 44.7. The standard InChI is InChI=1S/C45H69N5O9/c1-14-27(4)37-43(55)49(12)33(10)45(57)58-38(28(5)15-2)30(7)21-20-22-31(8)44(56)59-39(29(6)16-3)40(52)46-32(9)41(53)50(13)35(25-34-23-18-17-19-24-34)42(54)48(11)26-36(51)47-37/h17-24,27-30,32-33,35,37-39H,14-16,25-26H2,1-13H3,(H,46,52)(H,47,51)/b21-20+,31-22+/t27-,28+,29+,30+,32+,33+,35-,37+,38+,39-/m1/s1. The number of allylic oxidation sites excluding steroid dienone is 2. The van der Waals surface area contributed by atoms with E-state index in [2.05, 4.69) is 10.6 Å². The van der Waals surface area contributed by atoms with Gasteiger partial charge in [0.15, 0.2) is 6.10 Å². The fraction of sp³-hybridized carbons (Fsp3) is 0.622. The average Bonchev–Trinajstić information content (AvgIpc) is 3.22. The van der Waals surface area contributed by atoms with Crippen LogP contribution in [0.1, 0.15) is 94.1 Å². The van der Waals surface area contributed by atoms with Crippen LogP contribution in [0, 0.1) is 23.7 Å². The van der Waals surface area contributed by atoms with Crippen molar-refractivity contribution < 1.29 is 43.0 Å². The van der Waals surface area contributed by atoms with Gasteiger partial charge in [0.25, 0.3) is 5.91 Å². The summed E-state index contributed by atoms with van der Waals surface area (Å²) >= 11 is 0. The zero-order valence-corrected chi connectivity index (χ0v) is 37.4. The van der Waals surface area contributed by atoms with E-state index in [0.717, 1.165) is 5.56 Å². The van der Waals surface area contributed by atoms with Crippen LogP contribution in [0.15, 0.2) is 54.1 Å². The molecular formula is C45H69N5O9. The Morgan fingerprint density at radius 2 is 1.34 bits per heavy atom. The summed E-state index contributed by atoms with van der Waals surface area (Å²) in [5.74, 6) is -5.31. The quantitative estimate of drug-likeness (QED) is 0.359. The summed E-state index contributed by atoms with van der Waals surface area (Å²) in [5.41, 5.74) is 0.977. The fourth-order valence-corrected chi connectivity index (χ4v) is 6.67. The van der Waals surface area contributed by atoms with Gasteiger partial charge in [-0.05, 0) is 44.6 Å².